The third kappa shape index (κ3) is 3.29. The molecule has 2 amide bonds. The average Bonchev–Trinajstić information content (AvgIpc) is 3.10. The molecule has 0 saturated carbocycles. The molecule has 130 valence electrons. The van der Waals surface area contributed by atoms with E-state index in [2.05, 4.69) is 16.9 Å². The smallest absolute Gasteiger partial charge is 0.254 e. The molecule has 0 unspecified atom stereocenters. The lowest BCUT2D eigenvalue weighted by Crippen LogP contribution is -2.53. The standard InChI is InChI=1S/C18H26N4O2/c1-3-14-13-19-7-6-15(14)17(23)22-8-4-5-16(22)18(24)21-11-9-20(2)10-12-21/h6-7,13,16H,3-5,8-12H2,1-2H3/t16-/m1/s1. The van der Waals surface area contributed by atoms with E-state index in [0.29, 0.717) is 12.1 Å². The van der Waals surface area contributed by atoms with Crippen molar-refractivity contribution in [1.82, 2.24) is 19.7 Å². The van der Waals surface area contributed by atoms with Gasteiger partial charge in [0, 0.05) is 50.7 Å². The molecule has 0 N–H and O–H groups in total. The number of aryl methyl sites for hydroxylation is 1. The van der Waals surface area contributed by atoms with Crippen molar-refractivity contribution >= 4 is 11.8 Å². The van der Waals surface area contributed by atoms with E-state index in [0.717, 1.165) is 51.0 Å². The van der Waals surface area contributed by atoms with Crippen LogP contribution in [0.3, 0.4) is 0 Å². The Bertz CT molecular complexity index is 611. The van der Waals surface area contributed by atoms with Gasteiger partial charge in [-0.15, -0.1) is 0 Å². The van der Waals surface area contributed by atoms with Crippen molar-refractivity contribution in [3.05, 3.63) is 29.6 Å². The molecule has 0 bridgehead atoms. The van der Waals surface area contributed by atoms with Gasteiger partial charge in [0.2, 0.25) is 5.91 Å². The van der Waals surface area contributed by atoms with Crippen LogP contribution in [0.15, 0.2) is 18.5 Å². The topological polar surface area (TPSA) is 56.8 Å². The summed E-state index contributed by atoms with van der Waals surface area (Å²) in [5.41, 5.74) is 1.63. The second-order valence-electron chi connectivity index (χ2n) is 6.67. The summed E-state index contributed by atoms with van der Waals surface area (Å²) in [6.07, 6.45) is 5.83. The highest BCUT2D eigenvalue weighted by molar-refractivity contribution is 5.99. The van der Waals surface area contributed by atoms with Crippen molar-refractivity contribution in [1.29, 1.82) is 0 Å². The highest BCUT2D eigenvalue weighted by Crippen LogP contribution is 2.23. The third-order valence-corrected chi connectivity index (χ3v) is 5.13. The van der Waals surface area contributed by atoms with Gasteiger partial charge in [-0.2, -0.15) is 0 Å². The fraction of sp³-hybridized carbons (Fsp3) is 0.611. The largest absolute Gasteiger partial charge is 0.338 e. The predicted octanol–water partition coefficient (Wildman–Crippen LogP) is 1.02. The molecule has 2 saturated heterocycles. The first-order valence-electron chi connectivity index (χ1n) is 8.83. The van der Waals surface area contributed by atoms with Gasteiger partial charge < -0.3 is 14.7 Å². The van der Waals surface area contributed by atoms with Crippen LogP contribution in [0.2, 0.25) is 0 Å². The number of likely N-dealkylation sites (N-methyl/N-ethyl adjacent to an activating group) is 1. The molecule has 0 radical (unpaired) electrons. The minimum atomic E-state index is -0.307. The SMILES string of the molecule is CCc1cnccc1C(=O)N1CCC[C@@H]1C(=O)N1CCN(C)CC1. The van der Waals surface area contributed by atoms with Crippen molar-refractivity contribution in [2.45, 2.75) is 32.2 Å². The molecule has 1 atom stereocenters. The quantitative estimate of drug-likeness (QED) is 0.830. The van der Waals surface area contributed by atoms with E-state index in [1.54, 1.807) is 23.4 Å². The third-order valence-electron chi connectivity index (χ3n) is 5.13. The number of carbonyl (C=O) groups is 2. The molecule has 2 aliphatic rings. The lowest BCUT2D eigenvalue weighted by Gasteiger charge is -2.36. The van der Waals surface area contributed by atoms with Gasteiger partial charge in [-0.1, -0.05) is 6.92 Å². The zero-order valence-electron chi connectivity index (χ0n) is 14.6. The first-order valence-corrected chi connectivity index (χ1v) is 8.83. The van der Waals surface area contributed by atoms with Crippen LogP contribution in [-0.2, 0) is 11.2 Å². The zero-order chi connectivity index (χ0) is 17.1. The molecule has 2 fully saturated rings. The maximum Gasteiger partial charge on any atom is 0.254 e. The number of hydrogen-bond acceptors (Lipinski definition) is 4. The molecule has 1 aromatic rings. The van der Waals surface area contributed by atoms with E-state index < -0.39 is 0 Å². The summed E-state index contributed by atoms with van der Waals surface area (Å²) in [7, 11) is 2.07. The number of pyridine rings is 1. The van der Waals surface area contributed by atoms with Gasteiger partial charge in [0.1, 0.15) is 6.04 Å². The Morgan fingerprint density at radius 3 is 2.67 bits per heavy atom. The van der Waals surface area contributed by atoms with Crippen LogP contribution in [0.25, 0.3) is 0 Å². The van der Waals surface area contributed by atoms with Crippen molar-refractivity contribution in [3.63, 3.8) is 0 Å². The van der Waals surface area contributed by atoms with Gasteiger partial charge in [0.05, 0.1) is 0 Å². The number of hydrogen-bond donors (Lipinski definition) is 0. The molecule has 2 aliphatic heterocycles. The van der Waals surface area contributed by atoms with E-state index in [4.69, 9.17) is 0 Å². The van der Waals surface area contributed by atoms with Gasteiger partial charge in [-0.05, 0) is 37.9 Å². The fourth-order valence-electron chi connectivity index (χ4n) is 3.58. The summed E-state index contributed by atoms with van der Waals surface area (Å²) in [5.74, 6) is 0.0836. The van der Waals surface area contributed by atoms with E-state index in [1.807, 2.05) is 11.8 Å². The molecule has 3 rings (SSSR count). The normalized spacial score (nSPS) is 22.0. The van der Waals surface area contributed by atoms with Gasteiger partial charge in [0.15, 0.2) is 0 Å². The van der Waals surface area contributed by atoms with Gasteiger partial charge in [-0.3, -0.25) is 14.6 Å². The van der Waals surface area contributed by atoms with Crippen LogP contribution in [0, 0.1) is 0 Å². The number of rotatable bonds is 3. The van der Waals surface area contributed by atoms with Gasteiger partial charge in [-0.25, -0.2) is 0 Å². The molecular formula is C18H26N4O2. The molecule has 0 spiro atoms. The maximum atomic E-state index is 13.0. The number of nitrogens with zero attached hydrogens (tertiary/aromatic N) is 4. The summed E-state index contributed by atoms with van der Waals surface area (Å²) >= 11 is 0. The first-order chi connectivity index (χ1) is 11.6. The van der Waals surface area contributed by atoms with Crippen molar-refractivity contribution in [3.8, 4) is 0 Å². The second-order valence-corrected chi connectivity index (χ2v) is 6.67. The van der Waals surface area contributed by atoms with Crippen LogP contribution < -0.4 is 0 Å². The van der Waals surface area contributed by atoms with E-state index in [1.165, 1.54) is 0 Å². The Balaban J connectivity index is 1.75. The highest BCUT2D eigenvalue weighted by atomic mass is 16.2. The zero-order valence-corrected chi connectivity index (χ0v) is 14.6. The fourth-order valence-corrected chi connectivity index (χ4v) is 3.58. The molecule has 1 aromatic heterocycles. The summed E-state index contributed by atoms with van der Waals surface area (Å²) in [5, 5.41) is 0. The second kappa shape index (κ2) is 7.30. The molecular weight excluding hydrogens is 304 g/mol. The number of amides is 2. The van der Waals surface area contributed by atoms with E-state index >= 15 is 0 Å². The molecule has 3 heterocycles. The first kappa shape index (κ1) is 16.9. The van der Waals surface area contributed by atoms with Crippen LogP contribution >= 0.6 is 0 Å². The monoisotopic (exact) mass is 330 g/mol. The van der Waals surface area contributed by atoms with Crippen molar-refractivity contribution < 1.29 is 9.59 Å². The summed E-state index contributed by atoms with van der Waals surface area (Å²) < 4.78 is 0. The Morgan fingerprint density at radius 2 is 1.96 bits per heavy atom. The molecule has 0 aliphatic carbocycles. The van der Waals surface area contributed by atoms with Crippen LogP contribution in [0.4, 0.5) is 0 Å². The van der Waals surface area contributed by atoms with Crippen molar-refractivity contribution in [2.75, 3.05) is 39.8 Å². The number of carbonyl (C=O) groups excluding carboxylic acids is 2. The Morgan fingerprint density at radius 1 is 1.21 bits per heavy atom. The Labute approximate surface area is 143 Å². The van der Waals surface area contributed by atoms with Crippen molar-refractivity contribution in [2.24, 2.45) is 0 Å². The van der Waals surface area contributed by atoms with E-state index in [-0.39, 0.29) is 17.9 Å². The lowest BCUT2D eigenvalue weighted by atomic mass is 10.1. The van der Waals surface area contributed by atoms with Crippen LogP contribution in [0.1, 0.15) is 35.7 Å². The maximum absolute atomic E-state index is 13.0. The number of aromatic nitrogens is 1. The Hall–Kier alpha value is -1.95. The van der Waals surface area contributed by atoms with E-state index in [9.17, 15) is 9.59 Å². The number of likely N-dealkylation sites (tertiary alicyclic amines) is 1. The molecule has 6 nitrogen and oxygen atoms in total. The molecule has 6 heteroatoms. The lowest BCUT2D eigenvalue weighted by molar-refractivity contribution is -0.136. The summed E-state index contributed by atoms with van der Waals surface area (Å²) in [4.78, 5) is 35.9. The molecule has 24 heavy (non-hydrogen) atoms. The predicted molar refractivity (Wildman–Crippen MR) is 91.8 cm³/mol. The van der Waals surface area contributed by atoms with Crippen LogP contribution in [0.5, 0.6) is 0 Å². The minimum Gasteiger partial charge on any atom is -0.338 e. The van der Waals surface area contributed by atoms with Crippen LogP contribution in [-0.4, -0.2) is 77.3 Å². The summed E-state index contributed by atoms with van der Waals surface area (Å²) in [6, 6.07) is 1.47. The Kier molecular flexibility index (Phi) is 5.14. The number of piperazine rings is 1. The minimum absolute atomic E-state index is 0.0285. The molecule has 0 aromatic carbocycles. The highest BCUT2D eigenvalue weighted by Gasteiger charge is 2.37. The summed E-state index contributed by atoms with van der Waals surface area (Å²) in [6.45, 7) is 5.99. The average molecular weight is 330 g/mol. The van der Waals surface area contributed by atoms with Gasteiger partial charge in [0.25, 0.3) is 5.91 Å². The van der Waals surface area contributed by atoms with Gasteiger partial charge >= 0.3 is 0 Å².